The van der Waals surface area contributed by atoms with E-state index in [-0.39, 0.29) is 5.56 Å². The molecule has 0 saturated carbocycles. The minimum Gasteiger partial charge on any atom is -0.267 e. The summed E-state index contributed by atoms with van der Waals surface area (Å²) in [6.45, 7) is 3.66. The van der Waals surface area contributed by atoms with Crippen molar-refractivity contribution in [1.29, 1.82) is 0 Å². The molecule has 0 spiro atoms. The van der Waals surface area contributed by atoms with Crippen molar-refractivity contribution in [1.82, 2.24) is 14.6 Å². The zero-order valence-corrected chi connectivity index (χ0v) is 7.55. The summed E-state index contributed by atoms with van der Waals surface area (Å²) in [5.74, 6) is 0. The van der Waals surface area contributed by atoms with E-state index in [0.29, 0.717) is 4.96 Å². The molecule has 2 aromatic heterocycles. The molecule has 0 aliphatic heterocycles. The fourth-order valence-electron chi connectivity index (χ4n) is 1.02. The van der Waals surface area contributed by atoms with Crippen LogP contribution in [0.2, 0.25) is 0 Å². The monoisotopic (exact) mass is 181 g/mol. The van der Waals surface area contributed by atoms with Crippen LogP contribution in [0.4, 0.5) is 0 Å². The molecular formula is C7H7N3OS. The van der Waals surface area contributed by atoms with E-state index in [2.05, 4.69) is 10.1 Å². The van der Waals surface area contributed by atoms with Gasteiger partial charge < -0.3 is 0 Å². The van der Waals surface area contributed by atoms with Crippen LogP contribution in [0.15, 0.2) is 10.9 Å². The lowest BCUT2D eigenvalue weighted by atomic mass is 10.5. The minimum absolute atomic E-state index is 0.109. The van der Waals surface area contributed by atoms with Gasteiger partial charge in [0.2, 0.25) is 4.96 Å². The van der Waals surface area contributed by atoms with Crippen LogP contribution >= 0.6 is 11.3 Å². The molecule has 0 amide bonds. The molecule has 2 aromatic rings. The fraction of sp³-hybridized carbons (Fsp3) is 0.286. The summed E-state index contributed by atoms with van der Waals surface area (Å²) in [4.78, 5) is 16.1. The van der Waals surface area contributed by atoms with Crippen molar-refractivity contribution in [3.05, 3.63) is 27.1 Å². The van der Waals surface area contributed by atoms with E-state index in [1.54, 1.807) is 6.92 Å². The molecule has 0 fully saturated rings. The Hall–Kier alpha value is -1.23. The van der Waals surface area contributed by atoms with Gasteiger partial charge in [0, 0.05) is 11.8 Å². The van der Waals surface area contributed by atoms with Crippen LogP contribution < -0.4 is 5.56 Å². The van der Waals surface area contributed by atoms with Crippen LogP contribution in [-0.4, -0.2) is 14.6 Å². The standard InChI is InChI=1S/C7H7N3OS/c1-4-3-6(11)10-7(8-4)12-5(2)9-10/h3H,1-2H3. The van der Waals surface area contributed by atoms with Crippen molar-refractivity contribution in [2.24, 2.45) is 0 Å². The number of aryl methyl sites for hydroxylation is 2. The third-order valence-corrected chi connectivity index (χ3v) is 2.30. The van der Waals surface area contributed by atoms with Gasteiger partial charge >= 0.3 is 0 Å². The lowest BCUT2D eigenvalue weighted by Crippen LogP contribution is -2.14. The van der Waals surface area contributed by atoms with E-state index in [1.165, 1.54) is 21.9 Å². The number of rotatable bonds is 0. The van der Waals surface area contributed by atoms with E-state index in [4.69, 9.17) is 0 Å². The van der Waals surface area contributed by atoms with Gasteiger partial charge in [-0.15, -0.1) is 0 Å². The average molecular weight is 181 g/mol. The molecule has 2 rings (SSSR count). The molecule has 0 atom stereocenters. The quantitative estimate of drug-likeness (QED) is 0.603. The van der Waals surface area contributed by atoms with Crippen LogP contribution in [0.5, 0.6) is 0 Å². The molecule has 0 aliphatic rings. The van der Waals surface area contributed by atoms with Gasteiger partial charge in [-0.05, 0) is 13.8 Å². The van der Waals surface area contributed by atoms with E-state index < -0.39 is 0 Å². The Morgan fingerprint density at radius 2 is 2.25 bits per heavy atom. The van der Waals surface area contributed by atoms with E-state index in [9.17, 15) is 4.79 Å². The van der Waals surface area contributed by atoms with Crippen molar-refractivity contribution < 1.29 is 0 Å². The zero-order chi connectivity index (χ0) is 8.72. The predicted octanol–water partition coefficient (Wildman–Crippen LogP) is 0.768. The fourth-order valence-corrected chi connectivity index (χ4v) is 1.81. The Kier molecular flexibility index (Phi) is 1.47. The van der Waals surface area contributed by atoms with Gasteiger partial charge in [0.1, 0.15) is 5.01 Å². The van der Waals surface area contributed by atoms with E-state index in [0.717, 1.165) is 10.7 Å². The first-order chi connectivity index (χ1) is 5.66. The number of hydrogen-bond acceptors (Lipinski definition) is 4. The molecule has 2 heterocycles. The summed E-state index contributed by atoms with van der Waals surface area (Å²) in [5, 5.41) is 4.87. The lowest BCUT2D eigenvalue weighted by Gasteiger charge is -1.89. The highest BCUT2D eigenvalue weighted by Crippen LogP contribution is 2.08. The van der Waals surface area contributed by atoms with Crippen LogP contribution in [0.25, 0.3) is 4.96 Å². The number of aromatic nitrogens is 3. The van der Waals surface area contributed by atoms with Gasteiger partial charge in [-0.3, -0.25) is 4.79 Å². The maximum absolute atomic E-state index is 11.3. The molecule has 0 saturated heterocycles. The van der Waals surface area contributed by atoms with Crippen LogP contribution in [-0.2, 0) is 0 Å². The Bertz CT molecular complexity index is 485. The van der Waals surface area contributed by atoms with Gasteiger partial charge in [0.05, 0.1) is 0 Å². The molecule has 62 valence electrons. The normalized spacial score (nSPS) is 10.8. The molecular weight excluding hydrogens is 174 g/mol. The maximum Gasteiger partial charge on any atom is 0.275 e. The Morgan fingerprint density at radius 1 is 1.50 bits per heavy atom. The van der Waals surface area contributed by atoms with Gasteiger partial charge in [0.25, 0.3) is 5.56 Å². The Labute approximate surface area is 72.5 Å². The molecule has 12 heavy (non-hydrogen) atoms. The van der Waals surface area contributed by atoms with Crippen LogP contribution in [0.3, 0.4) is 0 Å². The summed E-state index contributed by atoms with van der Waals surface area (Å²) in [6, 6.07) is 1.48. The van der Waals surface area contributed by atoms with Gasteiger partial charge in [-0.1, -0.05) is 11.3 Å². The molecule has 0 aliphatic carbocycles. The topological polar surface area (TPSA) is 47.3 Å². The Morgan fingerprint density at radius 3 is 3.00 bits per heavy atom. The van der Waals surface area contributed by atoms with Crippen LogP contribution in [0, 0.1) is 13.8 Å². The average Bonchev–Trinajstić information content (AvgIpc) is 2.29. The Balaban J connectivity index is 2.98. The second-order valence-corrected chi connectivity index (χ2v) is 3.71. The highest BCUT2D eigenvalue weighted by molar-refractivity contribution is 7.16. The first-order valence-electron chi connectivity index (χ1n) is 3.51. The van der Waals surface area contributed by atoms with Gasteiger partial charge in [-0.2, -0.15) is 9.61 Å². The van der Waals surface area contributed by atoms with Crippen molar-refractivity contribution in [3.63, 3.8) is 0 Å². The molecule has 0 bridgehead atoms. The number of hydrogen-bond donors (Lipinski definition) is 0. The smallest absolute Gasteiger partial charge is 0.267 e. The molecule has 0 aromatic carbocycles. The summed E-state index contributed by atoms with van der Waals surface area (Å²) < 4.78 is 1.33. The first kappa shape index (κ1) is 7.42. The van der Waals surface area contributed by atoms with Crippen molar-refractivity contribution in [3.8, 4) is 0 Å². The zero-order valence-electron chi connectivity index (χ0n) is 6.74. The minimum atomic E-state index is -0.109. The largest absolute Gasteiger partial charge is 0.275 e. The van der Waals surface area contributed by atoms with Crippen molar-refractivity contribution >= 4 is 16.3 Å². The second-order valence-electron chi connectivity index (χ2n) is 2.55. The predicted molar refractivity (Wildman–Crippen MR) is 46.6 cm³/mol. The third-order valence-electron chi connectivity index (χ3n) is 1.47. The molecule has 0 unspecified atom stereocenters. The van der Waals surface area contributed by atoms with Crippen molar-refractivity contribution in [2.75, 3.05) is 0 Å². The molecule has 5 heteroatoms. The maximum atomic E-state index is 11.3. The second kappa shape index (κ2) is 2.38. The SMILES string of the molecule is Cc1cc(=O)n2nc(C)sc2n1. The van der Waals surface area contributed by atoms with Crippen molar-refractivity contribution in [2.45, 2.75) is 13.8 Å². The third kappa shape index (κ3) is 1.02. The first-order valence-corrected chi connectivity index (χ1v) is 4.32. The molecule has 0 N–H and O–H groups in total. The lowest BCUT2D eigenvalue weighted by molar-refractivity contribution is 0.873. The van der Waals surface area contributed by atoms with E-state index >= 15 is 0 Å². The van der Waals surface area contributed by atoms with Crippen LogP contribution in [0.1, 0.15) is 10.7 Å². The molecule has 0 radical (unpaired) electrons. The van der Waals surface area contributed by atoms with Gasteiger partial charge in [0.15, 0.2) is 0 Å². The van der Waals surface area contributed by atoms with Gasteiger partial charge in [-0.25, -0.2) is 4.98 Å². The summed E-state index contributed by atoms with van der Waals surface area (Å²) in [7, 11) is 0. The number of fused-ring (bicyclic) bond motifs is 1. The van der Waals surface area contributed by atoms with E-state index in [1.807, 2.05) is 6.92 Å². The highest BCUT2D eigenvalue weighted by Gasteiger charge is 2.03. The summed E-state index contributed by atoms with van der Waals surface area (Å²) in [6.07, 6.45) is 0. The molecule has 4 nitrogen and oxygen atoms in total. The summed E-state index contributed by atoms with van der Waals surface area (Å²) in [5.41, 5.74) is 0.630. The summed E-state index contributed by atoms with van der Waals surface area (Å²) >= 11 is 1.42. The number of nitrogens with zero attached hydrogens (tertiary/aromatic N) is 3. The highest BCUT2D eigenvalue weighted by atomic mass is 32.1.